The van der Waals surface area contributed by atoms with E-state index < -0.39 is 23.5 Å². The fourth-order valence-electron chi connectivity index (χ4n) is 4.50. The van der Waals surface area contributed by atoms with Gasteiger partial charge < -0.3 is 9.52 Å². The van der Waals surface area contributed by atoms with E-state index in [2.05, 4.69) is 4.98 Å². The predicted octanol–water partition coefficient (Wildman–Crippen LogP) is 6.79. The van der Waals surface area contributed by atoms with Gasteiger partial charge in [0, 0.05) is 5.02 Å². The van der Waals surface area contributed by atoms with E-state index in [9.17, 15) is 14.7 Å². The number of aliphatic hydroxyl groups is 1. The number of carbonyl (C=O) groups is 2. The summed E-state index contributed by atoms with van der Waals surface area (Å²) < 4.78 is 6.35. The topological polar surface area (TPSA) is 83.6 Å². The molecule has 35 heavy (non-hydrogen) atoms. The molecule has 1 aliphatic rings. The van der Waals surface area contributed by atoms with Crippen molar-refractivity contribution in [3.8, 4) is 0 Å². The van der Waals surface area contributed by atoms with Crippen molar-refractivity contribution < 1.29 is 19.1 Å². The van der Waals surface area contributed by atoms with Crippen molar-refractivity contribution in [3.63, 3.8) is 0 Å². The van der Waals surface area contributed by atoms with Crippen LogP contribution in [0.4, 0.5) is 5.13 Å². The summed E-state index contributed by atoms with van der Waals surface area (Å²) in [5.41, 5.74) is 1.32. The van der Waals surface area contributed by atoms with Gasteiger partial charge in [-0.1, -0.05) is 65.4 Å². The number of ketones is 1. The van der Waals surface area contributed by atoms with Gasteiger partial charge >= 0.3 is 0 Å². The summed E-state index contributed by atoms with van der Waals surface area (Å²) in [4.78, 5) is 33.1. The number of benzene rings is 3. The fourth-order valence-corrected chi connectivity index (χ4v) is 5.76. The minimum atomic E-state index is -0.900. The molecule has 0 saturated carbocycles. The molecule has 8 heteroatoms. The first-order valence-electron chi connectivity index (χ1n) is 10.8. The molecule has 0 fully saturated rings. The zero-order valence-corrected chi connectivity index (χ0v) is 19.9. The highest BCUT2D eigenvalue weighted by atomic mass is 35.5. The molecule has 3 aromatic carbocycles. The van der Waals surface area contributed by atoms with Crippen molar-refractivity contribution in [1.29, 1.82) is 0 Å². The first-order valence-corrected chi connectivity index (χ1v) is 12.0. The quantitative estimate of drug-likeness (QED) is 0.275. The van der Waals surface area contributed by atoms with Crippen molar-refractivity contribution in [2.45, 2.75) is 13.0 Å². The van der Waals surface area contributed by atoms with Crippen molar-refractivity contribution in [3.05, 3.63) is 106 Å². The molecule has 0 saturated heterocycles. The number of aryl methyl sites for hydroxylation is 1. The first kappa shape index (κ1) is 21.6. The van der Waals surface area contributed by atoms with E-state index in [4.69, 9.17) is 16.0 Å². The smallest absolute Gasteiger partial charge is 0.296 e. The molecular weight excluding hydrogens is 484 g/mol. The Morgan fingerprint density at radius 2 is 1.89 bits per heavy atom. The minimum Gasteiger partial charge on any atom is -0.503 e. The van der Waals surface area contributed by atoms with Crippen LogP contribution in [0.5, 0.6) is 0 Å². The van der Waals surface area contributed by atoms with Crippen LogP contribution in [-0.4, -0.2) is 21.8 Å². The molecule has 172 valence electrons. The zero-order chi connectivity index (χ0) is 24.3. The van der Waals surface area contributed by atoms with E-state index in [0.29, 0.717) is 27.0 Å². The standard InChI is InChI=1S/C27H17ClN2O4S/c1-14-9-12-20(34-14)24(31)22-23(18-8-4-6-15-5-2-3-7-17(15)18)30(26(33)25(22)32)27-29-19-11-10-16(28)13-21(19)35-27/h2-13,23,32H,1H3. The van der Waals surface area contributed by atoms with Crippen molar-refractivity contribution in [2.75, 3.05) is 4.90 Å². The highest BCUT2D eigenvalue weighted by Crippen LogP contribution is 2.46. The number of halogens is 1. The number of aromatic nitrogens is 1. The van der Waals surface area contributed by atoms with Gasteiger partial charge in [-0.3, -0.25) is 14.5 Å². The molecule has 0 bridgehead atoms. The lowest BCUT2D eigenvalue weighted by atomic mass is 9.91. The third-order valence-electron chi connectivity index (χ3n) is 6.08. The van der Waals surface area contributed by atoms with Gasteiger partial charge in [0.15, 0.2) is 16.7 Å². The molecule has 5 aromatic rings. The number of carbonyl (C=O) groups excluding carboxylic acids is 2. The van der Waals surface area contributed by atoms with Gasteiger partial charge in [-0.05, 0) is 53.6 Å². The number of nitrogens with zero attached hydrogens (tertiary/aromatic N) is 2. The number of aliphatic hydroxyl groups excluding tert-OH is 1. The van der Waals surface area contributed by atoms with E-state index in [1.54, 1.807) is 37.3 Å². The second kappa shape index (κ2) is 8.08. The monoisotopic (exact) mass is 500 g/mol. The number of hydrogen-bond donors (Lipinski definition) is 1. The van der Waals surface area contributed by atoms with Crippen molar-refractivity contribution in [2.24, 2.45) is 0 Å². The Hall–Kier alpha value is -3.94. The third kappa shape index (κ3) is 3.43. The molecule has 1 unspecified atom stereocenters. The fraction of sp³-hybridized carbons (Fsp3) is 0.0741. The lowest BCUT2D eigenvalue weighted by Gasteiger charge is -2.25. The van der Waals surface area contributed by atoms with E-state index in [1.165, 1.54) is 16.2 Å². The number of furan rings is 1. The number of thiazole rings is 1. The molecule has 0 radical (unpaired) electrons. The summed E-state index contributed by atoms with van der Waals surface area (Å²) in [6, 6.07) is 21.0. The largest absolute Gasteiger partial charge is 0.503 e. The molecular formula is C27H17ClN2O4S. The lowest BCUT2D eigenvalue weighted by Crippen LogP contribution is -2.31. The SMILES string of the molecule is Cc1ccc(C(=O)C2=C(O)C(=O)N(c3nc4ccc(Cl)cc4s3)C2c2cccc3ccccc23)o1. The molecule has 6 nitrogen and oxygen atoms in total. The van der Waals surface area contributed by atoms with Crippen LogP contribution in [0.2, 0.25) is 5.02 Å². The summed E-state index contributed by atoms with van der Waals surface area (Å²) in [6.07, 6.45) is 0. The van der Waals surface area contributed by atoms with Crippen LogP contribution < -0.4 is 4.90 Å². The second-order valence-corrected chi connectivity index (χ2v) is 9.70. The van der Waals surface area contributed by atoms with E-state index in [1.807, 2.05) is 42.5 Å². The number of fused-ring (bicyclic) bond motifs is 2. The number of amides is 1. The number of anilines is 1. The molecule has 1 aliphatic heterocycles. The van der Waals surface area contributed by atoms with Crippen LogP contribution in [0.1, 0.15) is 27.9 Å². The summed E-state index contributed by atoms with van der Waals surface area (Å²) >= 11 is 7.43. The average Bonchev–Trinajstić information content (AvgIpc) is 3.54. The van der Waals surface area contributed by atoms with E-state index in [0.717, 1.165) is 15.5 Å². The molecule has 2 aromatic heterocycles. The van der Waals surface area contributed by atoms with Gasteiger partial charge in [-0.15, -0.1) is 0 Å². The molecule has 1 atom stereocenters. The van der Waals surface area contributed by atoms with Crippen molar-refractivity contribution >= 4 is 60.7 Å². The predicted molar refractivity (Wildman–Crippen MR) is 136 cm³/mol. The third-order valence-corrected chi connectivity index (χ3v) is 7.33. The highest BCUT2D eigenvalue weighted by Gasteiger charge is 2.47. The molecule has 0 spiro atoms. The maximum Gasteiger partial charge on any atom is 0.296 e. The lowest BCUT2D eigenvalue weighted by molar-refractivity contribution is -0.117. The van der Waals surface area contributed by atoms with E-state index >= 15 is 0 Å². The maximum atomic E-state index is 13.6. The van der Waals surface area contributed by atoms with Crippen LogP contribution in [0, 0.1) is 6.92 Å². The Morgan fingerprint density at radius 1 is 1.09 bits per heavy atom. The van der Waals surface area contributed by atoms with Gasteiger partial charge in [0.05, 0.1) is 21.8 Å². The van der Waals surface area contributed by atoms with Crippen LogP contribution in [-0.2, 0) is 4.79 Å². The maximum absolute atomic E-state index is 13.6. The Bertz CT molecular complexity index is 1690. The van der Waals surface area contributed by atoms with Crippen LogP contribution in [0.3, 0.4) is 0 Å². The highest BCUT2D eigenvalue weighted by molar-refractivity contribution is 7.22. The molecule has 0 aliphatic carbocycles. The van der Waals surface area contributed by atoms with Crippen molar-refractivity contribution in [1.82, 2.24) is 4.98 Å². The molecule has 1 N–H and O–H groups in total. The minimum absolute atomic E-state index is 0.0435. The van der Waals surface area contributed by atoms with Gasteiger partial charge in [0.25, 0.3) is 5.91 Å². The van der Waals surface area contributed by atoms with Gasteiger partial charge in [-0.2, -0.15) is 0 Å². The molecule has 1 amide bonds. The Kier molecular flexibility index (Phi) is 4.98. The van der Waals surface area contributed by atoms with E-state index in [-0.39, 0.29) is 11.3 Å². The van der Waals surface area contributed by atoms with Crippen LogP contribution in [0.15, 0.2) is 88.5 Å². The summed E-state index contributed by atoms with van der Waals surface area (Å²) in [5, 5.41) is 13.7. The Balaban J connectivity index is 1.59. The van der Waals surface area contributed by atoms with Gasteiger partial charge in [0.2, 0.25) is 5.78 Å². The molecule has 3 heterocycles. The number of rotatable bonds is 4. The Labute approximate surface area is 208 Å². The van der Waals surface area contributed by atoms with Crippen LogP contribution >= 0.6 is 22.9 Å². The first-order chi connectivity index (χ1) is 16.9. The normalized spacial score (nSPS) is 16.1. The average molecular weight is 501 g/mol. The summed E-state index contributed by atoms with van der Waals surface area (Å²) in [7, 11) is 0. The summed E-state index contributed by atoms with van der Waals surface area (Å²) in [6.45, 7) is 1.73. The zero-order valence-electron chi connectivity index (χ0n) is 18.4. The number of hydrogen-bond acceptors (Lipinski definition) is 6. The Morgan fingerprint density at radius 3 is 2.69 bits per heavy atom. The van der Waals surface area contributed by atoms with Gasteiger partial charge in [-0.25, -0.2) is 4.98 Å². The second-order valence-electron chi connectivity index (χ2n) is 8.26. The molecule has 6 rings (SSSR count). The summed E-state index contributed by atoms with van der Waals surface area (Å²) in [5.74, 6) is -1.24. The van der Waals surface area contributed by atoms with Crippen LogP contribution in [0.25, 0.3) is 21.0 Å². The number of Topliss-reactive ketones (excluding diaryl/α,β-unsaturated/α-hetero) is 1. The van der Waals surface area contributed by atoms with Gasteiger partial charge in [0.1, 0.15) is 5.76 Å².